The minimum absolute atomic E-state index is 0.0171. The predicted octanol–water partition coefficient (Wildman–Crippen LogP) is 2.90. The summed E-state index contributed by atoms with van der Waals surface area (Å²) in [6.45, 7) is 6.81. The summed E-state index contributed by atoms with van der Waals surface area (Å²) in [6.07, 6.45) is 3.38. The third-order valence-electron chi connectivity index (χ3n) is 4.02. The van der Waals surface area contributed by atoms with Crippen LogP contribution in [0.25, 0.3) is 11.3 Å². The van der Waals surface area contributed by atoms with Gasteiger partial charge in [-0.2, -0.15) is 0 Å². The third kappa shape index (κ3) is 5.06. The molecule has 0 aliphatic heterocycles. The van der Waals surface area contributed by atoms with Crippen molar-refractivity contribution in [3.63, 3.8) is 0 Å². The molecule has 0 saturated heterocycles. The van der Waals surface area contributed by atoms with Crippen LogP contribution in [0.5, 0.6) is 0 Å². The van der Waals surface area contributed by atoms with Crippen molar-refractivity contribution in [2.45, 2.75) is 25.8 Å². The van der Waals surface area contributed by atoms with Gasteiger partial charge in [0.2, 0.25) is 5.91 Å². The molecular formula is C19H25N3O2. The molecule has 5 nitrogen and oxygen atoms in total. The average molecular weight is 327 g/mol. The lowest BCUT2D eigenvalue weighted by molar-refractivity contribution is -0.125. The van der Waals surface area contributed by atoms with Gasteiger partial charge in [0.1, 0.15) is 11.5 Å². The first-order chi connectivity index (χ1) is 11.6. The molecule has 1 aromatic heterocycles. The van der Waals surface area contributed by atoms with E-state index in [-0.39, 0.29) is 11.9 Å². The highest BCUT2D eigenvalue weighted by Crippen LogP contribution is 2.19. The topological polar surface area (TPSA) is 58.4 Å². The Morgan fingerprint density at radius 1 is 1.42 bits per heavy atom. The van der Waals surface area contributed by atoms with Crippen LogP contribution in [0.15, 0.2) is 53.6 Å². The molecule has 1 heterocycles. The number of rotatable bonds is 9. The Bertz CT molecular complexity index is 652. The van der Waals surface area contributed by atoms with Gasteiger partial charge in [-0.25, -0.2) is 0 Å². The quantitative estimate of drug-likeness (QED) is 0.720. The van der Waals surface area contributed by atoms with Crippen molar-refractivity contribution in [1.29, 1.82) is 0 Å². The van der Waals surface area contributed by atoms with Crippen molar-refractivity contribution in [1.82, 2.24) is 15.4 Å². The molecule has 1 atom stereocenters. The van der Waals surface area contributed by atoms with Gasteiger partial charge in [-0.05, 0) is 26.9 Å². The van der Waals surface area contributed by atoms with E-state index in [1.807, 2.05) is 55.3 Å². The fourth-order valence-corrected chi connectivity index (χ4v) is 2.39. The molecule has 128 valence electrons. The summed E-state index contributed by atoms with van der Waals surface area (Å²) in [4.78, 5) is 13.9. The monoisotopic (exact) mass is 327 g/mol. The molecule has 1 N–H and O–H groups in total. The van der Waals surface area contributed by atoms with Gasteiger partial charge in [-0.15, -0.1) is 6.58 Å². The maximum atomic E-state index is 11.9. The van der Waals surface area contributed by atoms with Crippen LogP contribution >= 0.6 is 0 Å². The number of amides is 1. The van der Waals surface area contributed by atoms with Gasteiger partial charge < -0.3 is 9.84 Å². The highest BCUT2D eigenvalue weighted by molar-refractivity contribution is 5.81. The van der Waals surface area contributed by atoms with E-state index in [2.05, 4.69) is 17.1 Å². The molecule has 2 rings (SSSR count). The van der Waals surface area contributed by atoms with E-state index >= 15 is 0 Å². The highest BCUT2D eigenvalue weighted by atomic mass is 16.5. The van der Waals surface area contributed by atoms with Crippen molar-refractivity contribution in [3.05, 3.63) is 54.8 Å². The standard InChI is InChI=1S/C19H25N3O2/c1-4-12-20-19(23)15(2)22(3)13-8-11-17-14-18(21-24-17)16-9-6-5-7-10-16/h4-7,9-10,14-15H,1,8,11-13H2,2-3H3,(H,20,23)/t15-/m0/s1. The molecule has 0 aliphatic rings. The summed E-state index contributed by atoms with van der Waals surface area (Å²) < 4.78 is 5.40. The number of benzene rings is 1. The zero-order valence-electron chi connectivity index (χ0n) is 14.4. The second kappa shape index (κ2) is 9.03. The van der Waals surface area contributed by atoms with E-state index in [1.165, 1.54) is 0 Å². The first-order valence-corrected chi connectivity index (χ1v) is 8.21. The van der Waals surface area contributed by atoms with Crippen molar-refractivity contribution >= 4 is 5.91 Å². The van der Waals surface area contributed by atoms with Crippen LogP contribution in [0.2, 0.25) is 0 Å². The number of carbonyl (C=O) groups is 1. The van der Waals surface area contributed by atoms with Crippen LogP contribution in [0.3, 0.4) is 0 Å². The molecule has 24 heavy (non-hydrogen) atoms. The normalized spacial score (nSPS) is 12.1. The number of nitrogens with one attached hydrogen (secondary N) is 1. The minimum Gasteiger partial charge on any atom is -0.361 e. The first kappa shape index (κ1) is 17.9. The van der Waals surface area contributed by atoms with E-state index in [0.717, 1.165) is 36.4 Å². The van der Waals surface area contributed by atoms with Crippen molar-refractivity contribution in [2.75, 3.05) is 20.1 Å². The van der Waals surface area contributed by atoms with Gasteiger partial charge in [0, 0.05) is 24.6 Å². The number of hydrogen-bond donors (Lipinski definition) is 1. The summed E-state index contributed by atoms with van der Waals surface area (Å²) in [5.74, 6) is 0.884. The molecule has 0 saturated carbocycles. The summed E-state index contributed by atoms with van der Waals surface area (Å²) in [7, 11) is 1.95. The van der Waals surface area contributed by atoms with E-state index in [1.54, 1.807) is 6.08 Å². The highest BCUT2D eigenvalue weighted by Gasteiger charge is 2.17. The Morgan fingerprint density at radius 2 is 2.17 bits per heavy atom. The van der Waals surface area contributed by atoms with Gasteiger partial charge in [0.15, 0.2) is 0 Å². The molecule has 0 aliphatic carbocycles. The van der Waals surface area contributed by atoms with Crippen LogP contribution in [0.1, 0.15) is 19.1 Å². The Morgan fingerprint density at radius 3 is 2.88 bits per heavy atom. The second-order valence-corrected chi connectivity index (χ2v) is 5.84. The number of aryl methyl sites for hydroxylation is 1. The van der Waals surface area contributed by atoms with Gasteiger partial charge >= 0.3 is 0 Å². The van der Waals surface area contributed by atoms with Gasteiger partial charge in [0.25, 0.3) is 0 Å². The molecule has 0 radical (unpaired) electrons. The average Bonchev–Trinajstić information content (AvgIpc) is 3.08. The molecule has 5 heteroatoms. The maximum absolute atomic E-state index is 11.9. The molecule has 2 aromatic rings. The number of aromatic nitrogens is 1. The first-order valence-electron chi connectivity index (χ1n) is 8.21. The second-order valence-electron chi connectivity index (χ2n) is 5.84. The van der Waals surface area contributed by atoms with Gasteiger partial charge in [-0.3, -0.25) is 9.69 Å². The SMILES string of the molecule is C=CCNC(=O)[C@H](C)N(C)CCCc1cc(-c2ccccc2)no1. The molecule has 1 amide bonds. The summed E-state index contributed by atoms with van der Waals surface area (Å²) in [5.41, 5.74) is 1.91. The Hall–Kier alpha value is -2.40. The Labute approximate surface area is 143 Å². The zero-order chi connectivity index (χ0) is 17.4. The van der Waals surface area contributed by atoms with Crippen LogP contribution < -0.4 is 5.32 Å². The number of nitrogens with zero attached hydrogens (tertiary/aromatic N) is 2. The van der Waals surface area contributed by atoms with Crippen molar-refractivity contribution in [2.24, 2.45) is 0 Å². The van der Waals surface area contributed by atoms with Crippen LogP contribution in [-0.2, 0) is 11.2 Å². The lowest BCUT2D eigenvalue weighted by Gasteiger charge is -2.23. The fourth-order valence-electron chi connectivity index (χ4n) is 2.39. The molecule has 1 aromatic carbocycles. The van der Waals surface area contributed by atoms with Crippen molar-refractivity contribution < 1.29 is 9.32 Å². The molecule has 0 bridgehead atoms. The lowest BCUT2D eigenvalue weighted by atomic mass is 10.1. The number of hydrogen-bond acceptors (Lipinski definition) is 4. The lowest BCUT2D eigenvalue weighted by Crippen LogP contribution is -2.43. The summed E-state index contributed by atoms with van der Waals surface area (Å²) in [6, 6.07) is 11.8. The smallest absolute Gasteiger partial charge is 0.237 e. The zero-order valence-corrected chi connectivity index (χ0v) is 14.4. The predicted molar refractivity (Wildman–Crippen MR) is 95.6 cm³/mol. The molecule has 0 fully saturated rings. The largest absolute Gasteiger partial charge is 0.361 e. The van der Waals surface area contributed by atoms with Gasteiger partial charge in [0.05, 0.1) is 6.04 Å². The summed E-state index contributed by atoms with van der Waals surface area (Å²) in [5, 5.41) is 6.93. The van der Waals surface area contributed by atoms with Crippen LogP contribution in [0.4, 0.5) is 0 Å². The molecule has 0 spiro atoms. The minimum atomic E-state index is -0.167. The third-order valence-corrected chi connectivity index (χ3v) is 4.02. The molecular weight excluding hydrogens is 302 g/mol. The van der Waals surface area contributed by atoms with E-state index in [0.29, 0.717) is 6.54 Å². The van der Waals surface area contributed by atoms with Crippen LogP contribution in [0, 0.1) is 0 Å². The summed E-state index contributed by atoms with van der Waals surface area (Å²) >= 11 is 0. The Kier molecular flexibility index (Phi) is 6.75. The van der Waals surface area contributed by atoms with Crippen molar-refractivity contribution in [3.8, 4) is 11.3 Å². The van der Waals surface area contributed by atoms with E-state index in [9.17, 15) is 4.79 Å². The van der Waals surface area contributed by atoms with Crippen LogP contribution in [-0.4, -0.2) is 42.1 Å². The fraction of sp³-hybridized carbons (Fsp3) is 0.368. The number of likely N-dealkylation sites (N-methyl/N-ethyl adjacent to an activating group) is 1. The van der Waals surface area contributed by atoms with E-state index < -0.39 is 0 Å². The Balaban J connectivity index is 1.79. The van der Waals surface area contributed by atoms with E-state index in [4.69, 9.17) is 4.52 Å². The maximum Gasteiger partial charge on any atom is 0.237 e. The number of carbonyl (C=O) groups excluding carboxylic acids is 1. The molecule has 0 unspecified atom stereocenters. The van der Waals surface area contributed by atoms with Gasteiger partial charge in [-0.1, -0.05) is 41.6 Å².